The van der Waals surface area contributed by atoms with Crippen LogP contribution < -0.4 is 5.32 Å². The van der Waals surface area contributed by atoms with Gasteiger partial charge in [-0.25, -0.2) is 4.39 Å². The van der Waals surface area contributed by atoms with Crippen molar-refractivity contribution < 1.29 is 14.3 Å². The van der Waals surface area contributed by atoms with Crippen LogP contribution in [0, 0.1) is 5.82 Å². The van der Waals surface area contributed by atoms with Gasteiger partial charge < -0.3 is 5.11 Å². The van der Waals surface area contributed by atoms with Crippen LogP contribution in [0.4, 0.5) is 4.39 Å². The number of carboxylic acids is 1. The first kappa shape index (κ1) is 12.5. The Bertz CT molecular complexity index is 446. The summed E-state index contributed by atoms with van der Waals surface area (Å²) in [5, 5.41) is 12.2. The van der Waals surface area contributed by atoms with E-state index in [0.717, 1.165) is 12.0 Å². The zero-order valence-electron chi connectivity index (χ0n) is 9.17. The zero-order valence-corrected chi connectivity index (χ0v) is 10.8. The molecule has 2 N–H and O–H groups in total. The van der Waals surface area contributed by atoms with Crippen molar-refractivity contribution in [1.82, 2.24) is 5.32 Å². The number of carboxylic acid groups (broad SMARTS) is 1. The summed E-state index contributed by atoms with van der Waals surface area (Å²) in [5.41, 5.74) is 0.0896. The van der Waals surface area contributed by atoms with Crippen LogP contribution >= 0.6 is 15.9 Å². The molecule has 0 aromatic heterocycles. The average Bonchev–Trinajstić information content (AvgIpc) is 2.21. The molecular formula is C12H13BrFNO2. The summed E-state index contributed by atoms with van der Waals surface area (Å²) in [6.45, 7) is 0.436. The Hall–Kier alpha value is -0.940. The second-order valence-corrected chi connectivity index (χ2v) is 5.20. The van der Waals surface area contributed by atoms with Gasteiger partial charge in [0, 0.05) is 6.54 Å². The van der Waals surface area contributed by atoms with Gasteiger partial charge in [0.05, 0.1) is 4.47 Å². The Morgan fingerprint density at radius 3 is 2.71 bits per heavy atom. The maximum atomic E-state index is 13.0. The van der Waals surface area contributed by atoms with Crippen LogP contribution in [0.25, 0.3) is 0 Å². The fourth-order valence-corrected chi connectivity index (χ4v) is 2.34. The van der Waals surface area contributed by atoms with Crippen LogP contribution in [0.1, 0.15) is 24.8 Å². The normalized spacial score (nSPS) is 17.5. The van der Waals surface area contributed by atoms with Gasteiger partial charge in [0.15, 0.2) is 0 Å². The summed E-state index contributed by atoms with van der Waals surface area (Å²) < 4.78 is 13.4. The molecule has 0 radical (unpaired) electrons. The number of rotatable bonds is 4. The molecule has 0 unspecified atom stereocenters. The van der Waals surface area contributed by atoms with Crippen LogP contribution in [-0.2, 0) is 11.3 Å². The Kier molecular flexibility index (Phi) is 3.49. The highest BCUT2D eigenvalue weighted by Crippen LogP contribution is 2.32. The van der Waals surface area contributed by atoms with Gasteiger partial charge in [0.1, 0.15) is 11.4 Å². The molecule has 0 spiro atoms. The molecule has 1 saturated carbocycles. The molecule has 1 aromatic carbocycles. The molecule has 1 aromatic rings. The molecule has 0 heterocycles. The Morgan fingerprint density at radius 2 is 2.24 bits per heavy atom. The predicted molar refractivity (Wildman–Crippen MR) is 65.2 cm³/mol. The molecule has 3 nitrogen and oxygen atoms in total. The summed E-state index contributed by atoms with van der Waals surface area (Å²) in [6, 6.07) is 4.69. The second kappa shape index (κ2) is 4.74. The molecule has 2 rings (SSSR count). The van der Waals surface area contributed by atoms with Crippen molar-refractivity contribution in [2.75, 3.05) is 0 Å². The topological polar surface area (TPSA) is 49.3 Å². The van der Waals surface area contributed by atoms with E-state index in [1.165, 1.54) is 6.07 Å². The van der Waals surface area contributed by atoms with Gasteiger partial charge in [0.25, 0.3) is 0 Å². The molecule has 0 atom stereocenters. The highest BCUT2D eigenvalue weighted by Gasteiger charge is 2.43. The van der Waals surface area contributed by atoms with Crippen molar-refractivity contribution in [1.29, 1.82) is 0 Å². The standard InChI is InChI=1S/C12H13BrFNO2/c13-9-6-8(2-3-10(9)14)7-15-12(11(16)17)4-1-5-12/h2-3,6,15H,1,4-5,7H2,(H,16,17). The molecule has 0 amide bonds. The van der Waals surface area contributed by atoms with Crippen molar-refractivity contribution in [3.05, 3.63) is 34.1 Å². The SMILES string of the molecule is O=C(O)C1(NCc2ccc(F)c(Br)c2)CCC1. The number of benzene rings is 1. The highest BCUT2D eigenvalue weighted by molar-refractivity contribution is 9.10. The molecular weight excluding hydrogens is 289 g/mol. The summed E-state index contributed by atoms with van der Waals surface area (Å²) in [4.78, 5) is 11.1. The zero-order chi connectivity index (χ0) is 12.5. The van der Waals surface area contributed by atoms with Crippen LogP contribution in [0.5, 0.6) is 0 Å². The van der Waals surface area contributed by atoms with E-state index in [1.807, 2.05) is 0 Å². The smallest absolute Gasteiger partial charge is 0.323 e. The summed E-state index contributed by atoms with van der Waals surface area (Å²) in [6.07, 6.45) is 2.25. The van der Waals surface area contributed by atoms with Gasteiger partial charge in [-0.15, -0.1) is 0 Å². The van der Waals surface area contributed by atoms with Crippen LogP contribution in [0.15, 0.2) is 22.7 Å². The van der Waals surface area contributed by atoms with Gasteiger partial charge in [-0.1, -0.05) is 6.07 Å². The van der Waals surface area contributed by atoms with Crippen molar-refractivity contribution in [2.45, 2.75) is 31.3 Å². The number of nitrogens with one attached hydrogen (secondary N) is 1. The quantitative estimate of drug-likeness (QED) is 0.899. The van der Waals surface area contributed by atoms with E-state index in [4.69, 9.17) is 5.11 Å². The molecule has 17 heavy (non-hydrogen) atoms. The minimum absolute atomic E-state index is 0.314. The fourth-order valence-electron chi connectivity index (χ4n) is 1.92. The summed E-state index contributed by atoms with van der Waals surface area (Å²) >= 11 is 3.11. The first-order valence-electron chi connectivity index (χ1n) is 5.46. The molecule has 1 fully saturated rings. The lowest BCUT2D eigenvalue weighted by molar-refractivity contribution is -0.148. The lowest BCUT2D eigenvalue weighted by Crippen LogP contribution is -2.56. The van der Waals surface area contributed by atoms with Crippen molar-refractivity contribution in [2.24, 2.45) is 0 Å². The van der Waals surface area contributed by atoms with Gasteiger partial charge in [-0.3, -0.25) is 10.1 Å². The number of aliphatic carboxylic acids is 1. The minimum Gasteiger partial charge on any atom is -0.480 e. The number of halogens is 2. The molecule has 1 aliphatic rings. The highest BCUT2D eigenvalue weighted by atomic mass is 79.9. The Balaban J connectivity index is 2.02. The van der Waals surface area contributed by atoms with Crippen LogP contribution in [0.2, 0.25) is 0 Å². The molecule has 5 heteroatoms. The summed E-state index contributed by atoms with van der Waals surface area (Å²) in [5.74, 6) is -1.12. The van der Waals surface area contributed by atoms with E-state index in [-0.39, 0.29) is 5.82 Å². The van der Waals surface area contributed by atoms with Crippen LogP contribution in [0.3, 0.4) is 0 Å². The minimum atomic E-state index is -0.801. The molecule has 0 saturated heterocycles. The number of carbonyl (C=O) groups is 1. The van der Waals surface area contributed by atoms with Gasteiger partial charge in [-0.2, -0.15) is 0 Å². The number of hydrogen-bond acceptors (Lipinski definition) is 2. The monoisotopic (exact) mass is 301 g/mol. The van der Waals surface area contributed by atoms with E-state index in [9.17, 15) is 9.18 Å². The Labute approximate surface area is 107 Å². The van der Waals surface area contributed by atoms with Gasteiger partial charge >= 0.3 is 5.97 Å². The van der Waals surface area contributed by atoms with Crippen molar-refractivity contribution in [3.63, 3.8) is 0 Å². The van der Waals surface area contributed by atoms with E-state index in [2.05, 4.69) is 21.2 Å². The first-order valence-corrected chi connectivity index (χ1v) is 6.25. The lowest BCUT2D eigenvalue weighted by Gasteiger charge is -2.38. The third-order valence-electron chi connectivity index (χ3n) is 3.23. The summed E-state index contributed by atoms with van der Waals surface area (Å²) in [7, 11) is 0. The van der Waals surface area contributed by atoms with Crippen LogP contribution in [-0.4, -0.2) is 16.6 Å². The second-order valence-electron chi connectivity index (χ2n) is 4.34. The molecule has 0 bridgehead atoms. The third-order valence-corrected chi connectivity index (χ3v) is 3.84. The maximum Gasteiger partial charge on any atom is 0.323 e. The Morgan fingerprint density at radius 1 is 1.53 bits per heavy atom. The van der Waals surface area contributed by atoms with Crippen molar-refractivity contribution >= 4 is 21.9 Å². The third kappa shape index (κ3) is 2.50. The van der Waals surface area contributed by atoms with E-state index in [1.54, 1.807) is 12.1 Å². The van der Waals surface area contributed by atoms with E-state index >= 15 is 0 Å². The van der Waals surface area contributed by atoms with E-state index < -0.39 is 11.5 Å². The van der Waals surface area contributed by atoms with Gasteiger partial charge in [-0.05, 0) is 52.9 Å². The maximum absolute atomic E-state index is 13.0. The van der Waals surface area contributed by atoms with E-state index in [0.29, 0.717) is 23.9 Å². The van der Waals surface area contributed by atoms with Crippen molar-refractivity contribution in [3.8, 4) is 0 Å². The lowest BCUT2D eigenvalue weighted by atomic mass is 9.76. The fraction of sp³-hybridized carbons (Fsp3) is 0.417. The molecule has 92 valence electrons. The molecule has 0 aliphatic heterocycles. The number of hydrogen-bond donors (Lipinski definition) is 2. The van der Waals surface area contributed by atoms with Gasteiger partial charge in [0.2, 0.25) is 0 Å². The molecule has 1 aliphatic carbocycles. The predicted octanol–water partition coefficient (Wildman–Crippen LogP) is 2.69. The average molecular weight is 302 g/mol. The first-order chi connectivity index (χ1) is 8.03. The largest absolute Gasteiger partial charge is 0.480 e.